The Kier molecular flexibility index (Phi) is 3.23. The van der Waals surface area contributed by atoms with Crippen molar-refractivity contribution in [3.63, 3.8) is 0 Å². The monoisotopic (exact) mass is 237 g/mol. The second-order valence-corrected chi connectivity index (χ2v) is 4.33. The first kappa shape index (κ1) is 11.8. The second kappa shape index (κ2) is 4.67. The van der Waals surface area contributed by atoms with Crippen LogP contribution in [0.5, 0.6) is 0 Å². The Labute approximate surface area is 99.0 Å². The van der Waals surface area contributed by atoms with E-state index in [0.717, 1.165) is 13.0 Å². The first-order valence-electron chi connectivity index (χ1n) is 5.61. The third kappa shape index (κ3) is 2.08. The topological polar surface area (TPSA) is 79.5 Å². The van der Waals surface area contributed by atoms with E-state index in [0.29, 0.717) is 11.6 Å². The van der Waals surface area contributed by atoms with Crippen molar-refractivity contribution in [3.05, 3.63) is 28.6 Å². The largest absolute Gasteiger partial charge is 0.394 e. The van der Waals surface area contributed by atoms with Gasteiger partial charge in [-0.05, 0) is 18.4 Å². The number of aliphatic hydroxyl groups excluding tert-OH is 1. The van der Waals surface area contributed by atoms with Gasteiger partial charge in [-0.1, -0.05) is 6.92 Å². The summed E-state index contributed by atoms with van der Waals surface area (Å²) in [6, 6.07) is 1.59. The summed E-state index contributed by atoms with van der Waals surface area (Å²) in [7, 11) is 0. The standard InChI is InChI=1S/C11H15N3O3/c1-8-3-5-13(11(8)7-15)9-2-4-12-6-10(9)14(16)17/h2,4,6,8,11,15H,3,5,7H2,1H3. The highest BCUT2D eigenvalue weighted by molar-refractivity contribution is 5.63. The smallest absolute Gasteiger partial charge is 0.310 e. The number of aromatic nitrogens is 1. The fraction of sp³-hybridized carbons (Fsp3) is 0.545. The van der Waals surface area contributed by atoms with Crippen LogP contribution in [-0.4, -0.2) is 34.2 Å². The number of hydrogen-bond acceptors (Lipinski definition) is 5. The summed E-state index contributed by atoms with van der Waals surface area (Å²) in [6.07, 6.45) is 3.73. The zero-order valence-electron chi connectivity index (χ0n) is 9.61. The molecule has 2 heterocycles. The molecule has 0 radical (unpaired) electrons. The van der Waals surface area contributed by atoms with Crippen LogP contribution >= 0.6 is 0 Å². The van der Waals surface area contributed by atoms with Crippen LogP contribution in [0.2, 0.25) is 0 Å². The number of aliphatic hydroxyl groups is 1. The van der Waals surface area contributed by atoms with Gasteiger partial charge in [-0.2, -0.15) is 0 Å². The van der Waals surface area contributed by atoms with Crippen molar-refractivity contribution in [2.75, 3.05) is 18.1 Å². The highest BCUT2D eigenvalue weighted by Gasteiger charge is 2.33. The molecule has 6 heteroatoms. The van der Waals surface area contributed by atoms with E-state index in [9.17, 15) is 15.2 Å². The molecule has 1 N–H and O–H groups in total. The Bertz CT molecular complexity index is 424. The molecule has 0 aromatic carbocycles. The number of pyridine rings is 1. The molecule has 0 saturated carbocycles. The molecule has 1 aromatic rings. The van der Waals surface area contributed by atoms with Crippen molar-refractivity contribution < 1.29 is 10.0 Å². The van der Waals surface area contributed by atoms with E-state index in [1.807, 2.05) is 11.8 Å². The molecule has 0 spiro atoms. The van der Waals surface area contributed by atoms with E-state index < -0.39 is 4.92 Å². The Balaban J connectivity index is 2.37. The minimum atomic E-state index is -0.431. The predicted molar refractivity (Wildman–Crippen MR) is 62.9 cm³/mol. The van der Waals surface area contributed by atoms with Crippen LogP contribution in [0.3, 0.4) is 0 Å². The third-order valence-corrected chi connectivity index (χ3v) is 3.35. The van der Waals surface area contributed by atoms with Crippen LogP contribution in [0.4, 0.5) is 11.4 Å². The SMILES string of the molecule is CC1CCN(c2ccncc2[N+](=O)[O-])C1CO. The average Bonchev–Trinajstić information content (AvgIpc) is 2.70. The summed E-state index contributed by atoms with van der Waals surface area (Å²) in [5, 5.41) is 20.3. The molecule has 0 aliphatic carbocycles. The van der Waals surface area contributed by atoms with Crippen molar-refractivity contribution in [2.24, 2.45) is 5.92 Å². The van der Waals surface area contributed by atoms with E-state index >= 15 is 0 Å². The van der Waals surface area contributed by atoms with Gasteiger partial charge >= 0.3 is 5.69 Å². The third-order valence-electron chi connectivity index (χ3n) is 3.35. The van der Waals surface area contributed by atoms with Crippen molar-refractivity contribution >= 4 is 11.4 Å². The molecule has 2 rings (SSSR count). The van der Waals surface area contributed by atoms with Gasteiger partial charge in [0, 0.05) is 12.7 Å². The lowest BCUT2D eigenvalue weighted by atomic mass is 10.0. The van der Waals surface area contributed by atoms with Crippen LogP contribution in [0.25, 0.3) is 0 Å². The predicted octanol–water partition coefficient (Wildman–Crippen LogP) is 1.20. The van der Waals surface area contributed by atoms with Crippen LogP contribution in [0, 0.1) is 16.0 Å². The first-order chi connectivity index (χ1) is 8.15. The number of nitrogens with zero attached hydrogens (tertiary/aromatic N) is 3. The lowest BCUT2D eigenvalue weighted by molar-refractivity contribution is -0.384. The van der Waals surface area contributed by atoms with E-state index in [1.165, 1.54) is 6.20 Å². The highest BCUT2D eigenvalue weighted by atomic mass is 16.6. The van der Waals surface area contributed by atoms with Crippen LogP contribution in [0.1, 0.15) is 13.3 Å². The molecule has 1 saturated heterocycles. The maximum absolute atomic E-state index is 10.9. The maximum Gasteiger partial charge on any atom is 0.310 e. The molecular formula is C11H15N3O3. The minimum Gasteiger partial charge on any atom is -0.394 e. The van der Waals surface area contributed by atoms with Gasteiger partial charge in [0.15, 0.2) is 0 Å². The summed E-state index contributed by atoms with van der Waals surface area (Å²) in [4.78, 5) is 16.2. The fourth-order valence-electron chi connectivity index (χ4n) is 2.35. The molecule has 1 aliphatic rings. The van der Waals surface area contributed by atoms with Gasteiger partial charge < -0.3 is 10.0 Å². The molecule has 1 aliphatic heterocycles. The van der Waals surface area contributed by atoms with Crippen molar-refractivity contribution in [3.8, 4) is 0 Å². The Hall–Kier alpha value is -1.69. The molecule has 17 heavy (non-hydrogen) atoms. The van der Waals surface area contributed by atoms with E-state index in [-0.39, 0.29) is 18.3 Å². The molecule has 0 bridgehead atoms. The summed E-state index contributed by atoms with van der Waals surface area (Å²) in [5.41, 5.74) is 0.549. The number of hydrogen-bond donors (Lipinski definition) is 1. The quantitative estimate of drug-likeness (QED) is 0.631. The van der Waals surface area contributed by atoms with E-state index in [4.69, 9.17) is 0 Å². The van der Waals surface area contributed by atoms with Gasteiger partial charge in [-0.3, -0.25) is 15.1 Å². The molecule has 1 fully saturated rings. The average molecular weight is 237 g/mol. The second-order valence-electron chi connectivity index (χ2n) is 4.33. The summed E-state index contributed by atoms with van der Waals surface area (Å²) < 4.78 is 0. The molecular weight excluding hydrogens is 222 g/mol. The summed E-state index contributed by atoms with van der Waals surface area (Å²) >= 11 is 0. The normalized spacial score (nSPS) is 24.0. The van der Waals surface area contributed by atoms with Crippen LogP contribution in [0.15, 0.2) is 18.5 Å². The Morgan fingerprint density at radius 2 is 2.47 bits per heavy atom. The maximum atomic E-state index is 10.9. The molecule has 0 amide bonds. The molecule has 1 aromatic heterocycles. The van der Waals surface area contributed by atoms with Gasteiger partial charge in [0.05, 0.1) is 17.6 Å². The fourth-order valence-corrected chi connectivity index (χ4v) is 2.35. The molecule has 2 atom stereocenters. The highest BCUT2D eigenvalue weighted by Crippen LogP contribution is 2.34. The van der Waals surface area contributed by atoms with Gasteiger partial charge in [-0.15, -0.1) is 0 Å². The zero-order valence-corrected chi connectivity index (χ0v) is 9.61. The van der Waals surface area contributed by atoms with Gasteiger partial charge in [0.2, 0.25) is 0 Å². The van der Waals surface area contributed by atoms with E-state index in [1.54, 1.807) is 12.3 Å². The van der Waals surface area contributed by atoms with Crippen LogP contribution < -0.4 is 4.90 Å². The summed E-state index contributed by atoms with van der Waals surface area (Å²) in [6.45, 7) is 2.80. The Morgan fingerprint density at radius 3 is 3.12 bits per heavy atom. The van der Waals surface area contributed by atoms with E-state index in [2.05, 4.69) is 4.98 Å². The van der Waals surface area contributed by atoms with Gasteiger partial charge in [-0.25, -0.2) is 0 Å². The Morgan fingerprint density at radius 1 is 1.71 bits per heavy atom. The summed E-state index contributed by atoms with van der Waals surface area (Å²) in [5.74, 6) is 0.341. The molecule has 92 valence electrons. The first-order valence-corrected chi connectivity index (χ1v) is 5.61. The van der Waals surface area contributed by atoms with Gasteiger partial charge in [0.1, 0.15) is 11.9 Å². The lowest BCUT2D eigenvalue weighted by Crippen LogP contribution is -2.35. The molecule has 2 unspecified atom stereocenters. The lowest BCUT2D eigenvalue weighted by Gasteiger charge is -2.26. The van der Waals surface area contributed by atoms with Crippen molar-refractivity contribution in [1.82, 2.24) is 4.98 Å². The number of rotatable bonds is 3. The van der Waals surface area contributed by atoms with Crippen molar-refractivity contribution in [1.29, 1.82) is 0 Å². The van der Waals surface area contributed by atoms with Crippen LogP contribution in [-0.2, 0) is 0 Å². The zero-order chi connectivity index (χ0) is 12.4. The number of anilines is 1. The number of nitro groups is 1. The van der Waals surface area contributed by atoms with Gasteiger partial charge in [0.25, 0.3) is 0 Å². The molecule has 6 nitrogen and oxygen atoms in total. The minimum absolute atomic E-state index is 0.0000463. The van der Waals surface area contributed by atoms with Crippen molar-refractivity contribution in [2.45, 2.75) is 19.4 Å².